The molecule has 10 atom stereocenters. The molecule has 0 N–H and O–H groups in total. The van der Waals surface area contributed by atoms with Crippen LogP contribution in [0.4, 0.5) is 0 Å². The second kappa shape index (κ2) is 13.6. The Bertz CT molecular complexity index is 1400. The molecule has 262 valence electrons. The Kier molecular flexibility index (Phi) is 8.63. The third-order valence-corrected chi connectivity index (χ3v) is 12.9. The molecule has 0 aromatic heterocycles. The summed E-state index contributed by atoms with van der Waals surface area (Å²) in [4.78, 5) is 0. The Balaban J connectivity index is 1.02. The van der Waals surface area contributed by atoms with E-state index in [0.717, 1.165) is 85.3 Å². The van der Waals surface area contributed by atoms with Crippen LogP contribution in [-0.4, -0.2) is 65.1 Å². The first-order valence-electron chi connectivity index (χ1n) is 19.5. The van der Waals surface area contributed by atoms with Crippen molar-refractivity contribution in [2.75, 3.05) is 26.4 Å². The molecule has 6 fully saturated rings. The summed E-state index contributed by atoms with van der Waals surface area (Å²) in [6.07, 6.45) is 19.2. The molecule has 8 nitrogen and oxygen atoms in total. The van der Waals surface area contributed by atoms with E-state index in [1.807, 2.05) is 12.1 Å². The van der Waals surface area contributed by atoms with Gasteiger partial charge in [-0.15, -0.1) is 0 Å². The zero-order valence-corrected chi connectivity index (χ0v) is 28.9. The molecule has 10 heteroatoms. The van der Waals surface area contributed by atoms with Gasteiger partial charge in [-0.25, -0.2) is 0 Å². The molecule has 12 bridgehead atoms. The van der Waals surface area contributed by atoms with Gasteiger partial charge in [-0.3, -0.25) is 0 Å². The maximum absolute atomic E-state index is 6.99. The highest BCUT2D eigenvalue weighted by Crippen LogP contribution is 2.70. The van der Waals surface area contributed by atoms with Crippen LogP contribution in [0.2, 0.25) is 0 Å². The molecule has 2 saturated heterocycles. The van der Waals surface area contributed by atoms with Crippen LogP contribution in [0.1, 0.15) is 64.2 Å². The summed E-state index contributed by atoms with van der Waals surface area (Å²) in [6.45, 7) is 2.49. The molecule has 0 spiro atoms. The van der Waals surface area contributed by atoms with Crippen LogP contribution in [0.25, 0.3) is 0 Å². The molecule has 2 aromatic rings. The van der Waals surface area contributed by atoms with Crippen LogP contribution < -0.4 is 29.9 Å². The number of allylic oxidation sites excluding steroid dienone is 4. The van der Waals surface area contributed by atoms with Crippen molar-refractivity contribution in [3.8, 4) is 23.0 Å². The Labute approximate surface area is 296 Å². The molecule has 0 amide bonds. The van der Waals surface area contributed by atoms with E-state index in [1.165, 1.54) is 12.8 Å². The highest BCUT2D eigenvalue weighted by molar-refractivity contribution is 6.64. The second-order valence-electron chi connectivity index (χ2n) is 15.6. The van der Waals surface area contributed by atoms with Gasteiger partial charge in [0.15, 0.2) is 0 Å². The highest BCUT2D eigenvalue weighted by Gasteiger charge is 2.74. The topological polar surface area (TPSA) is 73.8 Å². The van der Waals surface area contributed by atoms with E-state index >= 15 is 0 Å². The van der Waals surface area contributed by atoms with Crippen LogP contribution in [0.5, 0.6) is 23.0 Å². The lowest BCUT2D eigenvalue weighted by atomic mass is 9.67. The SMILES string of the molecule is C1=C\CCCOc2cccc3c2B2O[C@@H]4[C@H](O2)[C@@H]2C[C@H]4C4C2[C@@H]2C[C@H]4[C@H]4OB(O[C@H]42)c2c(cccc2OCCC/C=C\CCCO3)OCCC/1. The second-order valence-corrected chi connectivity index (χ2v) is 15.6. The molecule has 6 aliphatic heterocycles. The van der Waals surface area contributed by atoms with E-state index in [1.54, 1.807) is 0 Å². The minimum absolute atomic E-state index is 0.0793. The predicted molar refractivity (Wildman–Crippen MR) is 191 cm³/mol. The number of fused-ring (bicyclic) bond motifs is 16. The van der Waals surface area contributed by atoms with Gasteiger partial charge in [-0.05, 0) is 124 Å². The Morgan fingerprint density at radius 3 is 1.02 bits per heavy atom. The van der Waals surface area contributed by atoms with Crippen molar-refractivity contribution in [2.45, 2.75) is 88.6 Å². The molecular weight excluding hydrogens is 630 g/mol. The summed E-state index contributed by atoms with van der Waals surface area (Å²) < 4.78 is 53.9. The van der Waals surface area contributed by atoms with Crippen molar-refractivity contribution in [3.63, 3.8) is 0 Å². The summed E-state index contributed by atoms with van der Waals surface area (Å²) in [5, 5.41) is 0. The summed E-state index contributed by atoms with van der Waals surface area (Å²) in [7, 11) is -0.986. The van der Waals surface area contributed by atoms with Gasteiger partial charge >= 0.3 is 14.2 Å². The lowest BCUT2D eigenvalue weighted by molar-refractivity contribution is -0.0431. The maximum atomic E-state index is 6.99. The van der Waals surface area contributed by atoms with Crippen molar-refractivity contribution in [2.24, 2.45) is 35.5 Å². The van der Waals surface area contributed by atoms with Gasteiger partial charge in [-0.1, -0.05) is 36.4 Å². The van der Waals surface area contributed by atoms with Crippen molar-refractivity contribution in [1.82, 2.24) is 0 Å². The van der Waals surface area contributed by atoms with E-state index in [0.29, 0.717) is 61.9 Å². The van der Waals surface area contributed by atoms with E-state index in [2.05, 4.69) is 48.6 Å². The summed E-state index contributed by atoms with van der Waals surface area (Å²) >= 11 is 0. The monoisotopic (exact) mass is 678 g/mol. The van der Waals surface area contributed by atoms with Gasteiger partial charge in [0, 0.05) is 0 Å². The van der Waals surface area contributed by atoms with E-state index < -0.39 is 14.2 Å². The summed E-state index contributed by atoms with van der Waals surface area (Å²) in [5.74, 6) is 6.26. The van der Waals surface area contributed by atoms with Crippen LogP contribution in [0.3, 0.4) is 0 Å². The van der Waals surface area contributed by atoms with Crippen molar-refractivity contribution < 1.29 is 37.6 Å². The van der Waals surface area contributed by atoms with Crippen LogP contribution >= 0.6 is 0 Å². The average Bonchev–Trinajstić information content (AvgIpc) is 3.96. The molecule has 4 aliphatic carbocycles. The number of ether oxygens (including phenoxy) is 4. The first-order chi connectivity index (χ1) is 24.8. The first-order valence-corrected chi connectivity index (χ1v) is 19.5. The molecule has 50 heavy (non-hydrogen) atoms. The predicted octanol–water partition coefficient (Wildman–Crippen LogP) is 5.65. The lowest BCUT2D eigenvalue weighted by Gasteiger charge is -2.43. The fourth-order valence-electron chi connectivity index (χ4n) is 11.1. The molecule has 12 rings (SSSR count). The third kappa shape index (κ3) is 5.43. The summed E-state index contributed by atoms with van der Waals surface area (Å²) in [6, 6.07) is 12.3. The maximum Gasteiger partial charge on any atom is 0.502 e. The fraction of sp³-hybridized carbons (Fsp3) is 0.600. The lowest BCUT2D eigenvalue weighted by Crippen LogP contribution is -2.49. The highest BCUT2D eigenvalue weighted by atomic mass is 16.7. The molecule has 6 heterocycles. The Hall–Kier alpha value is -2.91. The van der Waals surface area contributed by atoms with E-state index in [9.17, 15) is 0 Å². The smallest absolute Gasteiger partial charge is 0.494 e. The quantitative estimate of drug-likeness (QED) is 0.262. The van der Waals surface area contributed by atoms with Gasteiger partial charge in [0.05, 0.1) is 61.8 Å². The van der Waals surface area contributed by atoms with Gasteiger partial charge in [0.25, 0.3) is 0 Å². The molecule has 2 aromatic carbocycles. The van der Waals surface area contributed by atoms with Crippen LogP contribution in [-0.2, 0) is 18.6 Å². The van der Waals surface area contributed by atoms with Gasteiger partial charge < -0.3 is 37.6 Å². The first kappa shape index (κ1) is 31.8. The molecule has 2 unspecified atom stereocenters. The zero-order chi connectivity index (χ0) is 33.0. The minimum Gasteiger partial charge on any atom is -0.494 e. The minimum atomic E-state index is -0.493. The number of rotatable bonds is 0. The van der Waals surface area contributed by atoms with Gasteiger partial charge in [-0.2, -0.15) is 0 Å². The number of hydrogen-bond donors (Lipinski definition) is 0. The van der Waals surface area contributed by atoms with Crippen molar-refractivity contribution >= 4 is 25.2 Å². The standard InChI is InChI=1S/C40H48B2O8/c1-2-6-10-20-44-30-16-14-18-32-36(30)42-49-39-27-24-28(40(39)50-42)34-26-23-25(33(27)34)37-38(26)48-41(47-37)35-29(43-19-9-5-1)15-13-17-31(35)45-21-11-7-3-4-8-12-22-46-32/h1-4,13-18,25-28,33-34,37-40H,5-12,19-24H2/b2-1-,4-3-/t25-,26+,27+,28-,33?,34?,37-,38+,39+,40-. The largest absolute Gasteiger partial charge is 0.502 e. The van der Waals surface area contributed by atoms with Crippen LogP contribution in [0.15, 0.2) is 60.7 Å². The number of hydrogen-bond acceptors (Lipinski definition) is 8. The van der Waals surface area contributed by atoms with E-state index in [4.69, 9.17) is 37.6 Å². The average molecular weight is 678 g/mol. The summed E-state index contributed by atoms with van der Waals surface area (Å²) in [5.41, 5.74) is 1.83. The zero-order valence-electron chi connectivity index (χ0n) is 28.9. The Morgan fingerprint density at radius 2 is 0.720 bits per heavy atom. The molecular formula is C40H48B2O8. The molecule has 4 saturated carbocycles. The fourth-order valence-corrected chi connectivity index (χ4v) is 11.1. The molecule has 10 aliphatic rings. The Morgan fingerprint density at radius 1 is 0.420 bits per heavy atom. The van der Waals surface area contributed by atoms with Gasteiger partial charge in [0.1, 0.15) is 23.0 Å². The van der Waals surface area contributed by atoms with Crippen LogP contribution in [0, 0.1) is 35.5 Å². The normalized spacial score (nSPS) is 38.6. The van der Waals surface area contributed by atoms with Crippen molar-refractivity contribution in [3.05, 3.63) is 60.7 Å². The molecule has 0 radical (unpaired) electrons. The van der Waals surface area contributed by atoms with Crippen molar-refractivity contribution in [1.29, 1.82) is 0 Å². The van der Waals surface area contributed by atoms with Gasteiger partial charge in [0.2, 0.25) is 0 Å². The number of benzene rings is 2. The van der Waals surface area contributed by atoms with E-state index in [-0.39, 0.29) is 24.4 Å². The third-order valence-electron chi connectivity index (χ3n) is 12.9.